The summed E-state index contributed by atoms with van der Waals surface area (Å²) < 4.78 is 3.71. The third kappa shape index (κ3) is 3.87. The molecule has 0 atom stereocenters. The lowest BCUT2D eigenvalue weighted by atomic mass is 10.1. The summed E-state index contributed by atoms with van der Waals surface area (Å²) in [5.74, 6) is 1.32. The zero-order valence-electron chi connectivity index (χ0n) is 17.9. The molecule has 0 aliphatic carbocycles. The van der Waals surface area contributed by atoms with E-state index in [2.05, 4.69) is 70.0 Å². The van der Waals surface area contributed by atoms with Gasteiger partial charge in [-0.2, -0.15) is 0 Å². The van der Waals surface area contributed by atoms with Gasteiger partial charge in [-0.1, -0.05) is 53.2 Å². The fraction of sp³-hybridized carbons (Fsp3) is 0.167. The van der Waals surface area contributed by atoms with Gasteiger partial charge in [0.1, 0.15) is 0 Å². The number of thioether (sulfide) groups is 1. The second-order valence-corrected chi connectivity index (χ2v) is 9.50. The molecule has 0 N–H and O–H groups in total. The molecule has 3 heterocycles. The minimum Gasteiger partial charge on any atom is -0.270 e. The third-order valence-corrected chi connectivity index (χ3v) is 7.09. The van der Waals surface area contributed by atoms with Crippen LogP contribution in [-0.2, 0) is 5.75 Å². The van der Waals surface area contributed by atoms with Gasteiger partial charge in [0.2, 0.25) is 0 Å². The Morgan fingerprint density at radius 1 is 0.969 bits per heavy atom. The Morgan fingerprint density at radius 3 is 2.56 bits per heavy atom. The number of benzene rings is 2. The molecule has 0 spiro atoms. The van der Waals surface area contributed by atoms with Crippen LogP contribution in [0, 0.1) is 20.8 Å². The van der Waals surface area contributed by atoms with Crippen molar-refractivity contribution in [2.24, 2.45) is 0 Å². The van der Waals surface area contributed by atoms with E-state index in [1.54, 1.807) is 10.5 Å². The zero-order chi connectivity index (χ0) is 22.2. The maximum Gasteiger partial charge on any atom is 0.258 e. The highest BCUT2D eigenvalue weighted by molar-refractivity contribution is 7.98. The van der Waals surface area contributed by atoms with Gasteiger partial charge in [-0.15, -0.1) is 21.5 Å². The molecular formula is C24H21N5OS2. The maximum absolute atomic E-state index is 12.5. The van der Waals surface area contributed by atoms with Crippen LogP contribution >= 0.6 is 23.1 Å². The lowest BCUT2D eigenvalue weighted by Crippen LogP contribution is -2.14. The van der Waals surface area contributed by atoms with Crippen molar-refractivity contribution in [3.05, 3.63) is 92.8 Å². The van der Waals surface area contributed by atoms with Gasteiger partial charge in [0.15, 0.2) is 15.9 Å². The first-order valence-electron chi connectivity index (χ1n) is 10.2. The molecule has 0 bridgehead atoms. The van der Waals surface area contributed by atoms with E-state index in [1.807, 2.05) is 24.4 Å². The Bertz CT molecular complexity index is 1480. The maximum atomic E-state index is 12.5. The Kier molecular flexibility index (Phi) is 5.40. The van der Waals surface area contributed by atoms with Gasteiger partial charge in [0.05, 0.1) is 5.69 Å². The largest absolute Gasteiger partial charge is 0.270 e. The van der Waals surface area contributed by atoms with Gasteiger partial charge in [-0.25, -0.2) is 4.98 Å². The normalized spacial score (nSPS) is 11.3. The predicted octanol–water partition coefficient (Wildman–Crippen LogP) is 5.22. The van der Waals surface area contributed by atoms with E-state index < -0.39 is 0 Å². The standard InChI is InChI=1S/C24H21N5OS2/c1-15-7-9-20(10-8-15)29-22(18-6-4-5-16(2)11-18)26-27-24(29)32-14-19-12-21(30)28-17(3)13-31-23(28)25-19/h4-13H,14H2,1-3H3. The molecule has 160 valence electrons. The quantitative estimate of drug-likeness (QED) is 0.337. The predicted molar refractivity (Wildman–Crippen MR) is 130 cm³/mol. The van der Waals surface area contributed by atoms with Crippen LogP contribution in [0.4, 0.5) is 0 Å². The summed E-state index contributed by atoms with van der Waals surface area (Å²) in [6.45, 7) is 6.05. The lowest BCUT2D eigenvalue weighted by molar-refractivity contribution is 0.884. The van der Waals surface area contributed by atoms with Crippen LogP contribution in [0.2, 0.25) is 0 Å². The van der Waals surface area contributed by atoms with E-state index in [-0.39, 0.29) is 5.56 Å². The second kappa shape index (κ2) is 8.37. The Balaban J connectivity index is 1.54. The Hall–Kier alpha value is -3.23. The van der Waals surface area contributed by atoms with Gasteiger partial charge in [0, 0.05) is 34.1 Å². The molecule has 0 fully saturated rings. The van der Waals surface area contributed by atoms with Gasteiger partial charge in [-0.05, 0) is 39.0 Å². The monoisotopic (exact) mass is 459 g/mol. The van der Waals surface area contributed by atoms with E-state index in [1.165, 1.54) is 34.2 Å². The first-order chi connectivity index (χ1) is 15.5. The number of rotatable bonds is 5. The number of aryl methyl sites for hydroxylation is 3. The molecule has 3 aromatic heterocycles. The van der Waals surface area contributed by atoms with Crippen molar-refractivity contribution in [1.29, 1.82) is 0 Å². The SMILES string of the molecule is Cc1ccc(-n2c(SCc3cc(=O)n4c(C)csc4n3)nnc2-c2cccc(C)c2)cc1. The molecule has 0 amide bonds. The van der Waals surface area contributed by atoms with Crippen LogP contribution < -0.4 is 5.56 Å². The number of thiazole rings is 1. The summed E-state index contributed by atoms with van der Waals surface area (Å²) in [6.07, 6.45) is 0. The molecule has 0 aliphatic rings. The summed E-state index contributed by atoms with van der Waals surface area (Å²) in [5.41, 5.74) is 5.95. The summed E-state index contributed by atoms with van der Waals surface area (Å²) in [6, 6.07) is 18.2. The number of fused-ring (bicyclic) bond motifs is 1. The molecule has 6 nitrogen and oxygen atoms in total. The van der Waals surface area contributed by atoms with Crippen molar-refractivity contribution in [2.45, 2.75) is 31.7 Å². The topological polar surface area (TPSA) is 65.1 Å². The van der Waals surface area contributed by atoms with Crippen LogP contribution in [0.15, 0.2) is 69.9 Å². The summed E-state index contributed by atoms with van der Waals surface area (Å²) in [5, 5.41) is 11.7. The number of aromatic nitrogens is 5. The highest BCUT2D eigenvalue weighted by atomic mass is 32.2. The molecule has 0 saturated carbocycles. The highest BCUT2D eigenvalue weighted by Crippen LogP contribution is 2.30. The first kappa shape index (κ1) is 20.7. The van der Waals surface area contributed by atoms with Gasteiger partial charge >= 0.3 is 0 Å². The average Bonchev–Trinajstić information content (AvgIpc) is 3.37. The summed E-state index contributed by atoms with van der Waals surface area (Å²) in [4.78, 5) is 17.9. The molecule has 0 aliphatic heterocycles. The van der Waals surface area contributed by atoms with E-state index >= 15 is 0 Å². The van der Waals surface area contributed by atoms with Crippen molar-refractivity contribution in [3.8, 4) is 17.1 Å². The van der Waals surface area contributed by atoms with Crippen LogP contribution in [0.5, 0.6) is 0 Å². The Labute approximate surface area is 193 Å². The van der Waals surface area contributed by atoms with Gasteiger partial charge in [0.25, 0.3) is 5.56 Å². The number of hydrogen-bond acceptors (Lipinski definition) is 6. The molecule has 0 unspecified atom stereocenters. The molecular weight excluding hydrogens is 438 g/mol. The highest BCUT2D eigenvalue weighted by Gasteiger charge is 2.17. The average molecular weight is 460 g/mol. The number of nitrogens with zero attached hydrogens (tertiary/aromatic N) is 5. The van der Waals surface area contributed by atoms with Crippen molar-refractivity contribution in [3.63, 3.8) is 0 Å². The molecule has 2 aromatic carbocycles. The van der Waals surface area contributed by atoms with E-state index in [0.717, 1.165) is 33.6 Å². The molecule has 5 rings (SSSR count). The fourth-order valence-corrected chi connectivity index (χ4v) is 5.31. The van der Waals surface area contributed by atoms with Crippen LogP contribution in [0.25, 0.3) is 22.0 Å². The van der Waals surface area contributed by atoms with Crippen LogP contribution in [0.1, 0.15) is 22.5 Å². The van der Waals surface area contributed by atoms with E-state index in [0.29, 0.717) is 10.7 Å². The van der Waals surface area contributed by atoms with Gasteiger partial charge in [-0.3, -0.25) is 13.8 Å². The zero-order valence-corrected chi connectivity index (χ0v) is 19.6. The lowest BCUT2D eigenvalue weighted by Gasteiger charge is -2.11. The van der Waals surface area contributed by atoms with Crippen molar-refractivity contribution >= 4 is 28.1 Å². The minimum atomic E-state index is -0.0511. The van der Waals surface area contributed by atoms with Gasteiger partial charge < -0.3 is 0 Å². The second-order valence-electron chi connectivity index (χ2n) is 7.72. The van der Waals surface area contributed by atoms with Crippen LogP contribution in [0.3, 0.4) is 0 Å². The van der Waals surface area contributed by atoms with E-state index in [4.69, 9.17) is 0 Å². The van der Waals surface area contributed by atoms with E-state index in [9.17, 15) is 4.79 Å². The molecule has 0 radical (unpaired) electrons. The van der Waals surface area contributed by atoms with Crippen molar-refractivity contribution in [2.75, 3.05) is 0 Å². The minimum absolute atomic E-state index is 0.0511. The molecule has 5 aromatic rings. The fourth-order valence-electron chi connectivity index (χ4n) is 3.57. The van der Waals surface area contributed by atoms with Crippen LogP contribution in [-0.4, -0.2) is 24.1 Å². The molecule has 8 heteroatoms. The summed E-state index contributed by atoms with van der Waals surface area (Å²) >= 11 is 3.00. The Morgan fingerprint density at radius 2 is 1.78 bits per heavy atom. The number of hydrogen-bond donors (Lipinski definition) is 0. The molecule has 0 saturated heterocycles. The smallest absolute Gasteiger partial charge is 0.258 e. The van der Waals surface area contributed by atoms with Crippen molar-refractivity contribution < 1.29 is 0 Å². The first-order valence-corrected chi connectivity index (χ1v) is 12.1. The third-order valence-electron chi connectivity index (χ3n) is 5.18. The summed E-state index contributed by atoms with van der Waals surface area (Å²) in [7, 11) is 0. The molecule has 32 heavy (non-hydrogen) atoms. The van der Waals surface area contributed by atoms with Crippen molar-refractivity contribution in [1.82, 2.24) is 24.1 Å².